The normalized spacial score (nSPS) is 10.9. The van der Waals surface area contributed by atoms with Crippen LogP contribution in [0.25, 0.3) is 6.08 Å². The quantitative estimate of drug-likeness (QED) is 0.280. The molecule has 0 bridgehead atoms. The largest absolute Gasteiger partial charge is 0.427 e. The standard InChI is InChI=1S/C21H22N2O5/c1-15(25)28-18-10-8-16(9-11-18)14-19(21(27)22-12-5-13-24)23-20(26)17-6-3-2-4-7-17/h2-4,6-11,14,24H,5,12-13H2,1H3,(H,22,27)(H,23,26). The number of rotatable bonds is 8. The molecule has 3 N–H and O–H groups in total. The van der Waals surface area contributed by atoms with Crippen molar-refractivity contribution in [1.29, 1.82) is 0 Å². The lowest BCUT2D eigenvalue weighted by atomic mass is 10.1. The van der Waals surface area contributed by atoms with E-state index in [-0.39, 0.29) is 18.8 Å². The van der Waals surface area contributed by atoms with E-state index in [0.717, 1.165) is 0 Å². The molecule has 7 nitrogen and oxygen atoms in total. The molecule has 0 saturated carbocycles. The molecule has 0 heterocycles. The maximum Gasteiger partial charge on any atom is 0.308 e. The minimum Gasteiger partial charge on any atom is -0.427 e. The topological polar surface area (TPSA) is 105 Å². The van der Waals surface area contributed by atoms with Gasteiger partial charge in [0.1, 0.15) is 11.4 Å². The van der Waals surface area contributed by atoms with Gasteiger partial charge in [-0.1, -0.05) is 30.3 Å². The Morgan fingerprint density at radius 2 is 1.71 bits per heavy atom. The van der Waals surface area contributed by atoms with Crippen LogP contribution in [0.4, 0.5) is 0 Å². The maximum atomic E-state index is 12.5. The third-order valence-electron chi connectivity index (χ3n) is 3.60. The van der Waals surface area contributed by atoms with E-state index in [9.17, 15) is 14.4 Å². The zero-order chi connectivity index (χ0) is 20.4. The zero-order valence-corrected chi connectivity index (χ0v) is 15.5. The van der Waals surface area contributed by atoms with Crippen molar-refractivity contribution in [2.24, 2.45) is 0 Å². The summed E-state index contributed by atoms with van der Waals surface area (Å²) in [6.07, 6.45) is 1.93. The second-order valence-corrected chi connectivity index (χ2v) is 5.87. The summed E-state index contributed by atoms with van der Waals surface area (Å²) in [6, 6.07) is 15.0. The van der Waals surface area contributed by atoms with Crippen molar-refractivity contribution in [1.82, 2.24) is 10.6 Å². The van der Waals surface area contributed by atoms with Gasteiger partial charge in [-0.2, -0.15) is 0 Å². The van der Waals surface area contributed by atoms with Crippen LogP contribution >= 0.6 is 0 Å². The molecule has 0 aliphatic rings. The molecule has 2 rings (SSSR count). The highest BCUT2D eigenvalue weighted by Crippen LogP contribution is 2.15. The fourth-order valence-corrected chi connectivity index (χ4v) is 2.28. The molecule has 0 aliphatic carbocycles. The summed E-state index contributed by atoms with van der Waals surface area (Å²) in [7, 11) is 0. The van der Waals surface area contributed by atoms with Crippen molar-refractivity contribution in [3.8, 4) is 5.75 Å². The minimum atomic E-state index is -0.471. The highest BCUT2D eigenvalue weighted by atomic mass is 16.5. The molecule has 0 unspecified atom stereocenters. The average Bonchev–Trinajstić information content (AvgIpc) is 2.69. The Kier molecular flexibility index (Phi) is 7.92. The number of carbonyl (C=O) groups excluding carboxylic acids is 3. The van der Waals surface area contributed by atoms with E-state index in [2.05, 4.69) is 10.6 Å². The first kappa shape index (κ1) is 20.9. The summed E-state index contributed by atoms with van der Waals surface area (Å²) in [6.45, 7) is 1.54. The van der Waals surface area contributed by atoms with Gasteiger partial charge < -0.3 is 20.5 Å². The van der Waals surface area contributed by atoms with Crippen LogP contribution in [0.2, 0.25) is 0 Å². The van der Waals surface area contributed by atoms with Crippen LogP contribution in [0, 0.1) is 0 Å². The summed E-state index contributed by atoms with van der Waals surface area (Å²) >= 11 is 0. The van der Waals surface area contributed by atoms with Gasteiger partial charge in [0.2, 0.25) is 0 Å². The van der Waals surface area contributed by atoms with E-state index < -0.39 is 17.8 Å². The summed E-state index contributed by atoms with van der Waals surface area (Å²) in [5.74, 6) is -0.934. The average molecular weight is 382 g/mol. The van der Waals surface area contributed by atoms with Crippen LogP contribution in [0.1, 0.15) is 29.3 Å². The Bertz CT molecular complexity index is 845. The van der Waals surface area contributed by atoms with Gasteiger partial charge in [0, 0.05) is 25.6 Å². The summed E-state index contributed by atoms with van der Waals surface area (Å²) in [5.41, 5.74) is 1.12. The van der Waals surface area contributed by atoms with Crippen molar-refractivity contribution in [3.63, 3.8) is 0 Å². The predicted molar refractivity (Wildman–Crippen MR) is 104 cm³/mol. The second kappa shape index (κ2) is 10.6. The van der Waals surface area contributed by atoms with Crippen molar-refractivity contribution >= 4 is 23.9 Å². The Morgan fingerprint density at radius 1 is 1.04 bits per heavy atom. The predicted octanol–water partition coefficient (Wildman–Crippen LogP) is 1.88. The van der Waals surface area contributed by atoms with Crippen molar-refractivity contribution in [2.45, 2.75) is 13.3 Å². The third kappa shape index (κ3) is 6.69. The molecule has 0 spiro atoms. The third-order valence-corrected chi connectivity index (χ3v) is 3.60. The van der Waals surface area contributed by atoms with Crippen LogP contribution in [0.5, 0.6) is 5.75 Å². The number of carbonyl (C=O) groups is 3. The molecule has 0 radical (unpaired) electrons. The van der Waals surface area contributed by atoms with E-state index >= 15 is 0 Å². The Hall–Kier alpha value is -3.45. The Labute approximate surface area is 163 Å². The van der Waals surface area contributed by atoms with Crippen LogP contribution in [-0.2, 0) is 9.59 Å². The molecular formula is C21H22N2O5. The van der Waals surface area contributed by atoms with Crippen LogP contribution in [0.3, 0.4) is 0 Å². The molecule has 146 valence electrons. The fourth-order valence-electron chi connectivity index (χ4n) is 2.28. The number of benzene rings is 2. The number of esters is 1. The number of nitrogens with one attached hydrogen (secondary N) is 2. The van der Waals surface area contributed by atoms with Crippen LogP contribution in [-0.4, -0.2) is 36.0 Å². The van der Waals surface area contributed by atoms with Crippen LogP contribution < -0.4 is 15.4 Å². The number of hydrogen-bond acceptors (Lipinski definition) is 5. The number of hydrogen-bond donors (Lipinski definition) is 3. The monoisotopic (exact) mass is 382 g/mol. The number of aliphatic hydroxyl groups is 1. The molecule has 0 aliphatic heterocycles. The van der Waals surface area contributed by atoms with E-state index in [1.165, 1.54) is 13.0 Å². The molecule has 2 amide bonds. The number of amides is 2. The molecule has 2 aromatic rings. The Morgan fingerprint density at radius 3 is 2.32 bits per heavy atom. The van der Waals surface area contributed by atoms with E-state index in [0.29, 0.717) is 23.3 Å². The van der Waals surface area contributed by atoms with Gasteiger partial charge in [0.25, 0.3) is 11.8 Å². The van der Waals surface area contributed by atoms with E-state index in [4.69, 9.17) is 9.84 Å². The lowest BCUT2D eigenvalue weighted by molar-refractivity contribution is -0.131. The molecule has 0 atom stereocenters. The lowest BCUT2D eigenvalue weighted by Gasteiger charge is -2.11. The van der Waals surface area contributed by atoms with Gasteiger partial charge in [-0.05, 0) is 42.3 Å². The highest BCUT2D eigenvalue weighted by Gasteiger charge is 2.14. The maximum absolute atomic E-state index is 12.5. The smallest absolute Gasteiger partial charge is 0.308 e. The van der Waals surface area contributed by atoms with E-state index in [1.54, 1.807) is 54.6 Å². The van der Waals surface area contributed by atoms with Gasteiger partial charge in [-0.3, -0.25) is 14.4 Å². The first-order valence-corrected chi connectivity index (χ1v) is 8.75. The molecule has 7 heteroatoms. The van der Waals surface area contributed by atoms with Crippen LogP contribution in [0.15, 0.2) is 60.3 Å². The molecule has 2 aromatic carbocycles. The highest BCUT2D eigenvalue weighted by molar-refractivity contribution is 6.05. The van der Waals surface area contributed by atoms with Gasteiger partial charge in [-0.15, -0.1) is 0 Å². The lowest BCUT2D eigenvalue weighted by Crippen LogP contribution is -2.35. The second-order valence-electron chi connectivity index (χ2n) is 5.87. The zero-order valence-electron chi connectivity index (χ0n) is 15.5. The van der Waals surface area contributed by atoms with Gasteiger partial charge in [0.05, 0.1) is 0 Å². The number of aliphatic hydroxyl groups excluding tert-OH is 1. The van der Waals surface area contributed by atoms with E-state index in [1.807, 2.05) is 0 Å². The summed E-state index contributed by atoms with van der Waals surface area (Å²) < 4.78 is 4.98. The summed E-state index contributed by atoms with van der Waals surface area (Å²) in [4.78, 5) is 35.9. The molecule has 0 fully saturated rings. The van der Waals surface area contributed by atoms with Gasteiger partial charge >= 0.3 is 5.97 Å². The molecule has 0 saturated heterocycles. The summed E-state index contributed by atoms with van der Waals surface area (Å²) in [5, 5.41) is 14.1. The SMILES string of the molecule is CC(=O)Oc1ccc(C=C(NC(=O)c2ccccc2)C(=O)NCCCO)cc1. The van der Waals surface area contributed by atoms with Crippen molar-refractivity contribution in [2.75, 3.05) is 13.2 Å². The number of ether oxygens (including phenoxy) is 1. The van der Waals surface area contributed by atoms with Crippen molar-refractivity contribution < 1.29 is 24.2 Å². The van der Waals surface area contributed by atoms with Crippen molar-refractivity contribution in [3.05, 3.63) is 71.4 Å². The molecule has 28 heavy (non-hydrogen) atoms. The molecular weight excluding hydrogens is 360 g/mol. The van der Waals surface area contributed by atoms with Gasteiger partial charge in [-0.25, -0.2) is 0 Å². The fraction of sp³-hybridized carbons (Fsp3) is 0.190. The first-order chi connectivity index (χ1) is 13.5. The minimum absolute atomic E-state index is 0.0483. The Balaban J connectivity index is 2.21. The van der Waals surface area contributed by atoms with Gasteiger partial charge in [0.15, 0.2) is 0 Å². The molecule has 0 aromatic heterocycles. The first-order valence-electron chi connectivity index (χ1n) is 8.75.